The second-order valence-corrected chi connectivity index (χ2v) is 8.31. The molecule has 1 aliphatic rings. The minimum Gasteiger partial charge on any atom is -0.466 e. The third-order valence-corrected chi connectivity index (χ3v) is 5.13. The van der Waals surface area contributed by atoms with E-state index in [1.54, 1.807) is 25.3 Å². The number of nitrogens with one attached hydrogen (secondary N) is 2. The summed E-state index contributed by atoms with van der Waals surface area (Å²) in [5.41, 5.74) is -1.07. The van der Waals surface area contributed by atoms with Crippen LogP contribution in [0.5, 0.6) is 0 Å². The highest BCUT2D eigenvalue weighted by Crippen LogP contribution is 2.24. The van der Waals surface area contributed by atoms with E-state index in [2.05, 4.69) is 36.3 Å². The number of hydrogen-bond acceptors (Lipinski definition) is 4. The Morgan fingerprint density at radius 2 is 2.15 bits per heavy atom. The Morgan fingerprint density at radius 1 is 1.38 bits per heavy atom. The lowest BCUT2D eigenvalue weighted by atomic mass is 9.94. The topological polar surface area (TPSA) is 73.0 Å². The monoisotopic (exact) mass is 364 g/mol. The van der Waals surface area contributed by atoms with Gasteiger partial charge in [0.2, 0.25) is 0 Å². The van der Waals surface area contributed by atoms with Crippen molar-refractivity contribution in [2.45, 2.75) is 58.6 Å². The zero-order valence-corrected chi connectivity index (χ0v) is 17.0. The average molecular weight is 365 g/mol. The summed E-state index contributed by atoms with van der Waals surface area (Å²) in [6.45, 7) is 14.7. The molecule has 1 aromatic rings. The Morgan fingerprint density at radius 3 is 2.77 bits per heavy atom. The Kier molecular flexibility index (Phi) is 7.12. The minimum atomic E-state index is -1.09. The summed E-state index contributed by atoms with van der Waals surface area (Å²) >= 11 is 0. The van der Waals surface area contributed by atoms with Crippen molar-refractivity contribution < 1.29 is 9.52 Å². The van der Waals surface area contributed by atoms with Crippen molar-refractivity contribution in [3.63, 3.8) is 0 Å². The number of likely N-dealkylation sites (tertiary alicyclic amines) is 1. The fourth-order valence-corrected chi connectivity index (χ4v) is 3.38. The molecule has 0 aromatic carbocycles. The molecule has 0 radical (unpaired) electrons. The van der Waals surface area contributed by atoms with Gasteiger partial charge in [-0.25, -0.2) is 0 Å². The lowest BCUT2D eigenvalue weighted by Gasteiger charge is -2.42. The van der Waals surface area contributed by atoms with Crippen LogP contribution in [-0.2, 0) is 5.60 Å². The summed E-state index contributed by atoms with van der Waals surface area (Å²) in [5, 5.41) is 17.1. The van der Waals surface area contributed by atoms with Crippen LogP contribution in [0.3, 0.4) is 0 Å². The Balaban J connectivity index is 1.97. The third kappa shape index (κ3) is 5.74. The minimum absolute atomic E-state index is 0.0144. The van der Waals surface area contributed by atoms with Crippen molar-refractivity contribution in [3.05, 3.63) is 24.2 Å². The van der Waals surface area contributed by atoms with Gasteiger partial charge >= 0.3 is 0 Å². The summed E-state index contributed by atoms with van der Waals surface area (Å²) in [7, 11) is 0. The van der Waals surface area contributed by atoms with Crippen molar-refractivity contribution in [1.29, 1.82) is 0 Å². The predicted molar refractivity (Wildman–Crippen MR) is 106 cm³/mol. The standard InChI is InChI=1S/C20H36N4O2/c1-6-21-18(23-15-20(5,25)17-10-8-12-26-17)22-14-19(3,4)24-11-7-9-16(2)13-24/h8,10,12,16,25H,6-7,9,11,13-15H2,1-5H3,(H2,21,22,23). The first-order chi connectivity index (χ1) is 12.2. The molecule has 26 heavy (non-hydrogen) atoms. The van der Waals surface area contributed by atoms with E-state index in [1.807, 2.05) is 6.92 Å². The van der Waals surface area contributed by atoms with Gasteiger partial charge in [0, 0.05) is 18.6 Å². The van der Waals surface area contributed by atoms with E-state index in [0.29, 0.717) is 18.8 Å². The molecule has 0 bridgehead atoms. The van der Waals surface area contributed by atoms with Crippen LogP contribution in [0.4, 0.5) is 0 Å². The highest BCUT2D eigenvalue weighted by molar-refractivity contribution is 5.79. The van der Waals surface area contributed by atoms with Gasteiger partial charge in [-0.2, -0.15) is 0 Å². The number of aliphatic imine (C=N–C) groups is 1. The fraction of sp³-hybridized carbons (Fsp3) is 0.750. The van der Waals surface area contributed by atoms with Gasteiger partial charge in [0.05, 0.1) is 19.4 Å². The predicted octanol–water partition coefficient (Wildman–Crippen LogP) is 2.55. The van der Waals surface area contributed by atoms with E-state index < -0.39 is 5.60 Å². The lowest BCUT2D eigenvalue weighted by molar-refractivity contribution is 0.0385. The SMILES string of the molecule is CCNC(=NCC(C)(C)N1CCCC(C)C1)NCC(C)(O)c1ccco1. The number of piperidine rings is 1. The van der Waals surface area contributed by atoms with Gasteiger partial charge in [-0.3, -0.25) is 9.89 Å². The second kappa shape index (κ2) is 8.91. The van der Waals surface area contributed by atoms with Gasteiger partial charge in [0.15, 0.2) is 5.96 Å². The molecule has 0 aliphatic carbocycles. The number of guanidine groups is 1. The summed E-state index contributed by atoms with van der Waals surface area (Å²) in [5.74, 6) is 2.02. The fourth-order valence-electron chi connectivity index (χ4n) is 3.38. The highest BCUT2D eigenvalue weighted by atomic mass is 16.4. The van der Waals surface area contributed by atoms with E-state index in [1.165, 1.54) is 12.8 Å². The molecule has 1 saturated heterocycles. The highest BCUT2D eigenvalue weighted by Gasteiger charge is 2.30. The summed E-state index contributed by atoms with van der Waals surface area (Å²) in [4.78, 5) is 7.33. The molecular formula is C20H36N4O2. The van der Waals surface area contributed by atoms with Crippen molar-refractivity contribution in [3.8, 4) is 0 Å². The normalized spacial score (nSPS) is 22.1. The van der Waals surface area contributed by atoms with Gasteiger partial charge in [-0.15, -0.1) is 0 Å². The van der Waals surface area contributed by atoms with Crippen LogP contribution in [0.1, 0.15) is 53.2 Å². The Hall–Kier alpha value is -1.53. The van der Waals surface area contributed by atoms with E-state index in [-0.39, 0.29) is 5.54 Å². The first kappa shape index (κ1) is 20.8. The second-order valence-electron chi connectivity index (χ2n) is 8.31. The maximum atomic E-state index is 10.6. The smallest absolute Gasteiger partial charge is 0.191 e. The van der Waals surface area contributed by atoms with Gasteiger partial charge in [-0.1, -0.05) is 6.92 Å². The average Bonchev–Trinajstić information content (AvgIpc) is 3.13. The Bertz CT molecular complexity index is 566. The van der Waals surface area contributed by atoms with Crippen molar-refractivity contribution in [2.24, 2.45) is 10.9 Å². The molecule has 2 atom stereocenters. The molecule has 2 unspecified atom stereocenters. The molecule has 0 saturated carbocycles. The van der Waals surface area contributed by atoms with Gasteiger partial charge in [0.1, 0.15) is 11.4 Å². The number of rotatable bonds is 7. The van der Waals surface area contributed by atoms with E-state index in [4.69, 9.17) is 9.41 Å². The largest absolute Gasteiger partial charge is 0.466 e. The summed E-state index contributed by atoms with van der Waals surface area (Å²) in [6, 6.07) is 3.57. The number of hydrogen-bond donors (Lipinski definition) is 3. The van der Waals surface area contributed by atoms with Crippen LogP contribution in [0.25, 0.3) is 0 Å². The maximum absolute atomic E-state index is 10.6. The number of furan rings is 1. The molecule has 2 rings (SSSR count). The Labute approximate surface area is 158 Å². The molecule has 1 fully saturated rings. The molecule has 1 aromatic heterocycles. The molecular weight excluding hydrogens is 328 g/mol. The summed E-state index contributed by atoms with van der Waals surface area (Å²) < 4.78 is 5.34. The van der Waals surface area contributed by atoms with Crippen LogP contribution in [-0.4, -0.2) is 54.2 Å². The van der Waals surface area contributed by atoms with Crippen LogP contribution in [0.15, 0.2) is 27.8 Å². The molecule has 148 valence electrons. The third-order valence-electron chi connectivity index (χ3n) is 5.13. The molecule has 6 nitrogen and oxygen atoms in total. The van der Waals surface area contributed by atoms with E-state index >= 15 is 0 Å². The quantitative estimate of drug-likeness (QED) is 0.512. The van der Waals surface area contributed by atoms with Gasteiger partial charge in [-0.05, 0) is 65.1 Å². The van der Waals surface area contributed by atoms with Gasteiger partial charge in [0.25, 0.3) is 0 Å². The van der Waals surface area contributed by atoms with Crippen molar-refractivity contribution in [2.75, 3.05) is 32.7 Å². The zero-order chi connectivity index (χ0) is 19.2. The molecule has 6 heteroatoms. The van der Waals surface area contributed by atoms with Crippen LogP contribution < -0.4 is 10.6 Å². The van der Waals surface area contributed by atoms with Crippen LogP contribution in [0.2, 0.25) is 0 Å². The number of aliphatic hydroxyl groups is 1. The van der Waals surface area contributed by atoms with E-state index in [9.17, 15) is 5.11 Å². The molecule has 0 spiro atoms. The first-order valence-electron chi connectivity index (χ1n) is 9.78. The first-order valence-corrected chi connectivity index (χ1v) is 9.78. The number of nitrogens with zero attached hydrogens (tertiary/aromatic N) is 2. The van der Waals surface area contributed by atoms with Crippen molar-refractivity contribution >= 4 is 5.96 Å². The van der Waals surface area contributed by atoms with E-state index in [0.717, 1.165) is 31.5 Å². The van der Waals surface area contributed by atoms with Crippen LogP contribution >= 0.6 is 0 Å². The molecule has 1 aliphatic heterocycles. The molecule has 2 heterocycles. The molecule has 3 N–H and O–H groups in total. The van der Waals surface area contributed by atoms with Crippen LogP contribution in [0, 0.1) is 5.92 Å². The maximum Gasteiger partial charge on any atom is 0.191 e. The lowest BCUT2D eigenvalue weighted by Crippen LogP contribution is -2.51. The van der Waals surface area contributed by atoms with Gasteiger partial charge < -0.3 is 20.2 Å². The van der Waals surface area contributed by atoms with Crippen molar-refractivity contribution in [1.82, 2.24) is 15.5 Å². The zero-order valence-electron chi connectivity index (χ0n) is 17.0. The molecule has 0 amide bonds. The summed E-state index contributed by atoms with van der Waals surface area (Å²) in [6.07, 6.45) is 4.16.